The van der Waals surface area contributed by atoms with Crippen LogP contribution in [0.4, 0.5) is 5.69 Å². The van der Waals surface area contributed by atoms with Crippen molar-refractivity contribution in [2.24, 2.45) is 0 Å². The van der Waals surface area contributed by atoms with Crippen molar-refractivity contribution < 1.29 is 9.90 Å². The standard InChI is InChI=1S/C17H12BrClN2O2/c1-10-2-4-13(8-15(10)19)21-17(23)12(9-20)6-11-3-5-16(22)14(18)7-11/h2-8,22H,1H3,(H,21,23)/b12-6+. The Kier molecular flexibility index (Phi) is 5.43. The molecule has 116 valence electrons. The van der Waals surface area contributed by atoms with E-state index in [1.165, 1.54) is 12.1 Å². The Balaban J connectivity index is 2.24. The molecule has 2 rings (SSSR count). The van der Waals surface area contributed by atoms with E-state index < -0.39 is 5.91 Å². The molecular formula is C17H12BrClN2O2. The molecule has 2 aromatic rings. The first-order chi connectivity index (χ1) is 10.9. The lowest BCUT2D eigenvalue weighted by Crippen LogP contribution is -2.13. The van der Waals surface area contributed by atoms with Crippen LogP contribution < -0.4 is 5.32 Å². The summed E-state index contributed by atoms with van der Waals surface area (Å²) in [4.78, 5) is 12.2. The Morgan fingerprint density at radius 3 is 2.70 bits per heavy atom. The number of anilines is 1. The van der Waals surface area contributed by atoms with Crippen LogP contribution >= 0.6 is 27.5 Å². The monoisotopic (exact) mass is 390 g/mol. The molecule has 2 N–H and O–H groups in total. The van der Waals surface area contributed by atoms with Gasteiger partial charge < -0.3 is 10.4 Å². The number of rotatable bonds is 3. The van der Waals surface area contributed by atoms with Crippen molar-refractivity contribution in [1.29, 1.82) is 5.26 Å². The number of phenolic OH excluding ortho intramolecular Hbond substituents is 1. The zero-order valence-electron chi connectivity index (χ0n) is 12.1. The highest BCUT2D eigenvalue weighted by Gasteiger charge is 2.10. The number of phenols is 1. The maximum Gasteiger partial charge on any atom is 0.266 e. The zero-order valence-corrected chi connectivity index (χ0v) is 14.4. The van der Waals surface area contributed by atoms with E-state index in [1.54, 1.807) is 30.3 Å². The number of hydrogen-bond acceptors (Lipinski definition) is 3. The van der Waals surface area contributed by atoms with E-state index in [-0.39, 0.29) is 11.3 Å². The smallest absolute Gasteiger partial charge is 0.266 e. The Morgan fingerprint density at radius 1 is 1.35 bits per heavy atom. The van der Waals surface area contributed by atoms with Gasteiger partial charge in [-0.3, -0.25) is 4.79 Å². The second-order valence-electron chi connectivity index (χ2n) is 4.80. The summed E-state index contributed by atoms with van der Waals surface area (Å²) in [5.74, 6) is -0.448. The van der Waals surface area contributed by atoms with Crippen LogP contribution in [0, 0.1) is 18.3 Å². The summed E-state index contributed by atoms with van der Waals surface area (Å²) < 4.78 is 0.481. The number of amides is 1. The van der Waals surface area contributed by atoms with Gasteiger partial charge in [0, 0.05) is 10.7 Å². The van der Waals surface area contributed by atoms with Crippen molar-refractivity contribution in [2.45, 2.75) is 6.92 Å². The summed E-state index contributed by atoms with van der Waals surface area (Å²) in [6.45, 7) is 1.86. The van der Waals surface area contributed by atoms with Crippen molar-refractivity contribution in [3.8, 4) is 11.8 Å². The summed E-state index contributed by atoms with van der Waals surface area (Å²) in [5, 5.41) is 21.8. The average molecular weight is 392 g/mol. The number of aromatic hydroxyl groups is 1. The first kappa shape index (κ1) is 17.1. The van der Waals surface area contributed by atoms with Gasteiger partial charge in [0.05, 0.1) is 4.47 Å². The van der Waals surface area contributed by atoms with Crippen LogP contribution in [0.15, 0.2) is 46.4 Å². The molecule has 0 radical (unpaired) electrons. The van der Waals surface area contributed by atoms with Crippen LogP contribution in [0.25, 0.3) is 6.08 Å². The summed E-state index contributed by atoms with van der Waals surface area (Å²) in [6, 6.07) is 11.7. The number of nitriles is 1. The van der Waals surface area contributed by atoms with Crippen LogP contribution in [0.2, 0.25) is 5.02 Å². The third-order valence-corrected chi connectivity index (χ3v) is 4.12. The molecule has 0 heterocycles. The highest BCUT2D eigenvalue weighted by atomic mass is 79.9. The lowest BCUT2D eigenvalue weighted by Gasteiger charge is -2.06. The fraction of sp³-hybridized carbons (Fsp3) is 0.0588. The topological polar surface area (TPSA) is 73.1 Å². The van der Waals surface area contributed by atoms with E-state index in [0.29, 0.717) is 20.7 Å². The van der Waals surface area contributed by atoms with E-state index in [0.717, 1.165) is 5.56 Å². The normalized spacial score (nSPS) is 11.0. The van der Waals surface area contributed by atoms with Gasteiger partial charge >= 0.3 is 0 Å². The lowest BCUT2D eigenvalue weighted by atomic mass is 10.1. The maximum absolute atomic E-state index is 12.2. The predicted octanol–water partition coefficient (Wildman–Crippen LogP) is 4.66. The third kappa shape index (κ3) is 4.35. The predicted molar refractivity (Wildman–Crippen MR) is 94.2 cm³/mol. The maximum atomic E-state index is 12.2. The molecule has 0 saturated heterocycles. The molecule has 0 aromatic heterocycles. The number of carbonyl (C=O) groups excluding carboxylic acids is 1. The minimum atomic E-state index is -0.531. The molecule has 0 spiro atoms. The number of benzene rings is 2. The molecule has 0 fully saturated rings. The largest absolute Gasteiger partial charge is 0.507 e. The molecule has 23 heavy (non-hydrogen) atoms. The molecule has 2 aromatic carbocycles. The van der Waals surface area contributed by atoms with Crippen molar-refractivity contribution in [3.05, 3.63) is 62.6 Å². The molecule has 0 aliphatic heterocycles. The van der Waals surface area contributed by atoms with Crippen LogP contribution in [0.3, 0.4) is 0 Å². The third-order valence-electron chi connectivity index (χ3n) is 3.08. The first-order valence-corrected chi connectivity index (χ1v) is 7.75. The van der Waals surface area contributed by atoms with Gasteiger partial charge in [-0.05, 0) is 64.3 Å². The SMILES string of the molecule is Cc1ccc(NC(=O)/C(C#N)=C/c2ccc(O)c(Br)c2)cc1Cl. The first-order valence-electron chi connectivity index (χ1n) is 6.58. The molecule has 0 saturated carbocycles. The number of carbonyl (C=O) groups is 1. The van der Waals surface area contributed by atoms with E-state index >= 15 is 0 Å². The summed E-state index contributed by atoms with van der Waals surface area (Å²) >= 11 is 9.20. The fourth-order valence-corrected chi connectivity index (χ4v) is 2.37. The van der Waals surface area contributed by atoms with E-state index in [9.17, 15) is 15.2 Å². The van der Waals surface area contributed by atoms with Gasteiger partial charge in [0.25, 0.3) is 5.91 Å². The van der Waals surface area contributed by atoms with Crippen LogP contribution in [-0.2, 0) is 4.79 Å². The van der Waals surface area contributed by atoms with Crippen molar-refractivity contribution >= 4 is 45.2 Å². The zero-order chi connectivity index (χ0) is 17.0. The second kappa shape index (κ2) is 7.32. The summed E-state index contributed by atoms with van der Waals surface area (Å²) in [5.41, 5.74) is 1.97. The fourth-order valence-electron chi connectivity index (χ4n) is 1.80. The summed E-state index contributed by atoms with van der Waals surface area (Å²) in [7, 11) is 0. The van der Waals surface area contributed by atoms with E-state index in [4.69, 9.17) is 11.6 Å². The Hall–Kier alpha value is -2.29. The quantitative estimate of drug-likeness (QED) is 0.590. The van der Waals surface area contributed by atoms with Crippen LogP contribution in [0.5, 0.6) is 5.75 Å². The number of nitrogens with zero attached hydrogens (tertiary/aromatic N) is 1. The van der Waals surface area contributed by atoms with E-state index in [2.05, 4.69) is 21.2 Å². The number of nitrogens with one attached hydrogen (secondary N) is 1. The number of halogens is 2. The average Bonchev–Trinajstić information content (AvgIpc) is 2.52. The molecular weight excluding hydrogens is 380 g/mol. The van der Waals surface area contributed by atoms with Crippen molar-refractivity contribution in [3.63, 3.8) is 0 Å². The second-order valence-corrected chi connectivity index (χ2v) is 6.06. The minimum Gasteiger partial charge on any atom is -0.507 e. The van der Waals surface area contributed by atoms with Gasteiger partial charge in [-0.25, -0.2) is 0 Å². The van der Waals surface area contributed by atoms with Gasteiger partial charge in [-0.1, -0.05) is 23.7 Å². The molecule has 6 heteroatoms. The molecule has 4 nitrogen and oxygen atoms in total. The molecule has 0 unspecified atom stereocenters. The highest BCUT2D eigenvalue weighted by molar-refractivity contribution is 9.10. The molecule has 0 aliphatic carbocycles. The number of aryl methyl sites for hydroxylation is 1. The van der Waals surface area contributed by atoms with Gasteiger partial charge in [0.15, 0.2) is 0 Å². The van der Waals surface area contributed by atoms with Gasteiger partial charge in [0.1, 0.15) is 17.4 Å². The Morgan fingerprint density at radius 2 is 2.09 bits per heavy atom. The Labute approximate surface area is 147 Å². The molecule has 0 bridgehead atoms. The van der Waals surface area contributed by atoms with Gasteiger partial charge in [-0.2, -0.15) is 5.26 Å². The molecule has 0 aliphatic rings. The van der Waals surface area contributed by atoms with Crippen LogP contribution in [-0.4, -0.2) is 11.0 Å². The number of hydrogen-bond donors (Lipinski definition) is 2. The van der Waals surface area contributed by atoms with Crippen molar-refractivity contribution in [1.82, 2.24) is 0 Å². The van der Waals surface area contributed by atoms with Crippen LogP contribution in [0.1, 0.15) is 11.1 Å². The lowest BCUT2D eigenvalue weighted by molar-refractivity contribution is -0.112. The van der Waals surface area contributed by atoms with Gasteiger partial charge in [-0.15, -0.1) is 0 Å². The summed E-state index contributed by atoms with van der Waals surface area (Å²) in [6.07, 6.45) is 1.44. The minimum absolute atomic E-state index is 0.0562. The Bertz CT molecular complexity index is 841. The van der Waals surface area contributed by atoms with Crippen molar-refractivity contribution in [2.75, 3.05) is 5.32 Å². The van der Waals surface area contributed by atoms with E-state index in [1.807, 2.05) is 13.0 Å². The van der Waals surface area contributed by atoms with Gasteiger partial charge in [0.2, 0.25) is 0 Å². The molecule has 1 amide bonds. The highest BCUT2D eigenvalue weighted by Crippen LogP contribution is 2.25. The molecule has 0 atom stereocenters.